The van der Waals surface area contributed by atoms with Gasteiger partial charge in [0, 0.05) is 17.3 Å². The van der Waals surface area contributed by atoms with Crippen LogP contribution >= 0.6 is 0 Å². The molecular formula is C12H15N3O2. The number of amides is 3. The molecular weight excluding hydrogens is 218 g/mol. The van der Waals surface area contributed by atoms with E-state index in [-0.39, 0.29) is 11.8 Å². The van der Waals surface area contributed by atoms with Gasteiger partial charge in [0.25, 0.3) is 0 Å². The molecule has 0 aromatic heterocycles. The Labute approximate surface area is 99.4 Å². The molecule has 0 bridgehead atoms. The van der Waals surface area contributed by atoms with Crippen molar-refractivity contribution in [1.29, 1.82) is 0 Å². The van der Waals surface area contributed by atoms with Crippen LogP contribution in [0.2, 0.25) is 0 Å². The predicted octanol–water partition coefficient (Wildman–Crippen LogP) is 1.77. The first-order valence-corrected chi connectivity index (χ1v) is 5.53. The number of benzene rings is 1. The molecule has 2 atom stereocenters. The Hall–Kier alpha value is -2.04. The summed E-state index contributed by atoms with van der Waals surface area (Å²) in [6.07, 6.45) is 0.949. The van der Waals surface area contributed by atoms with Gasteiger partial charge < -0.3 is 16.4 Å². The summed E-state index contributed by atoms with van der Waals surface area (Å²) in [5.74, 6) is 0.637. The lowest BCUT2D eigenvalue weighted by Crippen LogP contribution is -2.19. The van der Waals surface area contributed by atoms with E-state index in [1.165, 1.54) is 0 Å². The van der Waals surface area contributed by atoms with Crippen LogP contribution in [0.5, 0.6) is 0 Å². The molecule has 1 saturated carbocycles. The van der Waals surface area contributed by atoms with Gasteiger partial charge in [-0.15, -0.1) is 0 Å². The summed E-state index contributed by atoms with van der Waals surface area (Å²) in [4.78, 5) is 22.4. The van der Waals surface area contributed by atoms with Crippen LogP contribution in [0.25, 0.3) is 0 Å². The van der Waals surface area contributed by atoms with Gasteiger partial charge in [0.15, 0.2) is 0 Å². The number of hydrogen-bond donors (Lipinski definition) is 3. The number of rotatable bonds is 3. The molecule has 0 spiro atoms. The van der Waals surface area contributed by atoms with Crippen LogP contribution in [0.1, 0.15) is 13.3 Å². The minimum atomic E-state index is -0.621. The van der Waals surface area contributed by atoms with Crippen LogP contribution < -0.4 is 16.4 Å². The van der Waals surface area contributed by atoms with Gasteiger partial charge in [-0.1, -0.05) is 13.0 Å². The van der Waals surface area contributed by atoms with Gasteiger partial charge in [-0.05, 0) is 30.5 Å². The van der Waals surface area contributed by atoms with Gasteiger partial charge in [-0.3, -0.25) is 4.79 Å². The first-order valence-electron chi connectivity index (χ1n) is 5.53. The van der Waals surface area contributed by atoms with Crippen molar-refractivity contribution in [2.75, 3.05) is 10.6 Å². The molecule has 5 nitrogen and oxygen atoms in total. The zero-order valence-corrected chi connectivity index (χ0v) is 9.57. The fraction of sp³-hybridized carbons (Fsp3) is 0.333. The van der Waals surface area contributed by atoms with Crippen molar-refractivity contribution < 1.29 is 9.59 Å². The third-order valence-electron chi connectivity index (χ3n) is 2.84. The van der Waals surface area contributed by atoms with Crippen molar-refractivity contribution in [3.8, 4) is 0 Å². The van der Waals surface area contributed by atoms with Gasteiger partial charge in [-0.25, -0.2) is 4.79 Å². The number of urea groups is 1. The zero-order valence-electron chi connectivity index (χ0n) is 9.57. The molecule has 1 aliphatic carbocycles. The van der Waals surface area contributed by atoms with Gasteiger partial charge in [0.2, 0.25) is 5.91 Å². The highest BCUT2D eigenvalue weighted by Crippen LogP contribution is 2.38. The molecule has 1 aliphatic rings. The normalized spacial score (nSPS) is 21.7. The quantitative estimate of drug-likeness (QED) is 0.743. The molecule has 2 rings (SSSR count). The molecule has 1 fully saturated rings. The second-order valence-corrected chi connectivity index (χ2v) is 4.38. The number of nitrogens with one attached hydrogen (secondary N) is 2. The van der Waals surface area contributed by atoms with Gasteiger partial charge in [0.1, 0.15) is 0 Å². The molecule has 90 valence electrons. The second kappa shape index (κ2) is 4.45. The minimum absolute atomic E-state index is 0.0359. The number of primary amides is 1. The summed E-state index contributed by atoms with van der Waals surface area (Å²) in [6, 6.07) is 6.29. The number of carbonyl (C=O) groups is 2. The fourth-order valence-corrected chi connectivity index (χ4v) is 1.74. The van der Waals surface area contributed by atoms with Crippen LogP contribution in [0.3, 0.4) is 0 Å². The number of nitrogens with two attached hydrogens (primary N) is 1. The van der Waals surface area contributed by atoms with Crippen molar-refractivity contribution >= 4 is 23.3 Å². The standard InChI is InChI=1S/C12H15N3O2/c1-7-5-10(7)11(16)14-8-3-2-4-9(6-8)15-12(13)17/h2-4,6-7,10H,5H2,1H3,(H,14,16)(H3,13,15,17)/t7-,10-/m0/s1. The predicted molar refractivity (Wildman–Crippen MR) is 65.5 cm³/mol. The van der Waals surface area contributed by atoms with Gasteiger partial charge in [-0.2, -0.15) is 0 Å². The number of carbonyl (C=O) groups excluding carboxylic acids is 2. The van der Waals surface area contributed by atoms with Crippen LogP contribution in [0.15, 0.2) is 24.3 Å². The molecule has 0 aliphatic heterocycles. The van der Waals surface area contributed by atoms with E-state index in [2.05, 4.69) is 17.6 Å². The minimum Gasteiger partial charge on any atom is -0.351 e. The highest BCUT2D eigenvalue weighted by atomic mass is 16.2. The van der Waals surface area contributed by atoms with Crippen molar-refractivity contribution in [1.82, 2.24) is 0 Å². The lowest BCUT2D eigenvalue weighted by atomic mass is 10.2. The maximum Gasteiger partial charge on any atom is 0.316 e. The van der Waals surface area contributed by atoms with E-state index in [4.69, 9.17) is 5.73 Å². The van der Waals surface area contributed by atoms with Crippen LogP contribution in [0.4, 0.5) is 16.2 Å². The third-order valence-corrected chi connectivity index (χ3v) is 2.84. The molecule has 0 radical (unpaired) electrons. The molecule has 4 N–H and O–H groups in total. The first kappa shape index (κ1) is 11.4. The van der Waals surface area contributed by atoms with Crippen molar-refractivity contribution in [2.45, 2.75) is 13.3 Å². The second-order valence-electron chi connectivity index (χ2n) is 4.38. The van der Waals surface area contributed by atoms with E-state index in [1.807, 2.05) is 0 Å². The molecule has 5 heteroatoms. The highest BCUT2D eigenvalue weighted by Gasteiger charge is 2.39. The van der Waals surface area contributed by atoms with E-state index in [1.54, 1.807) is 24.3 Å². The van der Waals surface area contributed by atoms with Crippen molar-refractivity contribution in [3.63, 3.8) is 0 Å². The molecule has 0 saturated heterocycles. The summed E-state index contributed by atoms with van der Waals surface area (Å²) < 4.78 is 0. The first-order chi connectivity index (χ1) is 8.06. The van der Waals surface area contributed by atoms with Crippen LogP contribution in [-0.4, -0.2) is 11.9 Å². The Morgan fingerprint density at radius 1 is 1.29 bits per heavy atom. The van der Waals surface area contributed by atoms with Gasteiger partial charge in [0.05, 0.1) is 0 Å². The summed E-state index contributed by atoms with van der Waals surface area (Å²) in [6.45, 7) is 2.05. The molecule has 17 heavy (non-hydrogen) atoms. The fourth-order valence-electron chi connectivity index (χ4n) is 1.74. The van der Waals surface area contributed by atoms with E-state index in [9.17, 15) is 9.59 Å². The number of anilines is 2. The average molecular weight is 233 g/mol. The van der Waals surface area contributed by atoms with Crippen LogP contribution in [-0.2, 0) is 4.79 Å². The Balaban J connectivity index is 2.00. The maximum absolute atomic E-state index is 11.7. The Kier molecular flexibility index (Phi) is 2.99. The molecule has 1 aromatic rings. The topological polar surface area (TPSA) is 84.2 Å². The maximum atomic E-state index is 11.7. The Morgan fingerprint density at radius 2 is 1.88 bits per heavy atom. The smallest absolute Gasteiger partial charge is 0.316 e. The van der Waals surface area contributed by atoms with E-state index >= 15 is 0 Å². The molecule has 0 unspecified atom stereocenters. The lowest BCUT2D eigenvalue weighted by Gasteiger charge is -2.07. The average Bonchev–Trinajstić information content (AvgIpc) is 2.95. The summed E-state index contributed by atoms with van der Waals surface area (Å²) in [5, 5.41) is 5.28. The van der Waals surface area contributed by atoms with Crippen LogP contribution in [0, 0.1) is 11.8 Å². The lowest BCUT2D eigenvalue weighted by molar-refractivity contribution is -0.117. The Morgan fingerprint density at radius 3 is 2.41 bits per heavy atom. The van der Waals surface area contributed by atoms with Gasteiger partial charge >= 0.3 is 6.03 Å². The SMILES string of the molecule is C[C@H]1C[C@@H]1C(=O)Nc1cccc(NC(N)=O)c1. The monoisotopic (exact) mass is 233 g/mol. The summed E-state index contributed by atoms with van der Waals surface area (Å²) >= 11 is 0. The zero-order chi connectivity index (χ0) is 12.4. The summed E-state index contributed by atoms with van der Waals surface area (Å²) in [7, 11) is 0. The Bertz CT molecular complexity index is 459. The number of hydrogen-bond acceptors (Lipinski definition) is 2. The van der Waals surface area contributed by atoms with Crippen molar-refractivity contribution in [2.24, 2.45) is 17.6 Å². The van der Waals surface area contributed by atoms with Crippen molar-refractivity contribution in [3.05, 3.63) is 24.3 Å². The molecule has 1 aromatic carbocycles. The van der Waals surface area contributed by atoms with E-state index in [0.29, 0.717) is 17.3 Å². The molecule has 3 amide bonds. The highest BCUT2D eigenvalue weighted by molar-refractivity contribution is 5.95. The molecule has 0 heterocycles. The summed E-state index contributed by atoms with van der Waals surface area (Å²) in [5.41, 5.74) is 6.25. The largest absolute Gasteiger partial charge is 0.351 e. The van der Waals surface area contributed by atoms with E-state index in [0.717, 1.165) is 6.42 Å². The third kappa shape index (κ3) is 2.96. The van der Waals surface area contributed by atoms with E-state index < -0.39 is 6.03 Å².